The molecule has 0 aliphatic carbocycles. The molecule has 0 saturated heterocycles. The first-order chi connectivity index (χ1) is 12.7. The second kappa shape index (κ2) is 6.88. The fourth-order valence-corrected chi connectivity index (χ4v) is 3.30. The first-order valence-electron chi connectivity index (χ1n) is 8.44. The molecule has 1 atom stereocenters. The fraction of sp³-hybridized carbons (Fsp3) is 0.158. The van der Waals surface area contributed by atoms with Crippen molar-refractivity contribution in [2.24, 2.45) is 5.73 Å². The second-order valence-corrected chi connectivity index (χ2v) is 6.41. The molecule has 130 valence electrons. The van der Waals surface area contributed by atoms with E-state index in [0.717, 1.165) is 21.9 Å². The van der Waals surface area contributed by atoms with Crippen molar-refractivity contribution in [3.63, 3.8) is 0 Å². The predicted molar refractivity (Wildman–Crippen MR) is 101 cm³/mol. The Balaban J connectivity index is 1.57. The van der Waals surface area contributed by atoms with E-state index in [4.69, 9.17) is 10.5 Å². The molecular formula is C19H18BN3O3. The van der Waals surface area contributed by atoms with Crippen molar-refractivity contribution in [3.05, 3.63) is 66.0 Å². The average molecular weight is 347 g/mol. The number of anilines is 1. The van der Waals surface area contributed by atoms with Gasteiger partial charge in [0, 0.05) is 36.2 Å². The summed E-state index contributed by atoms with van der Waals surface area (Å²) in [5.41, 5.74) is 11.6. The monoisotopic (exact) mass is 347 g/mol. The molecule has 0 spiro atoms. The number of nitrogens with zero attached hydrogens (tertiary/aromatic N) is 1. The van der Waals surface area contributed by atoms with E-state index in [1.165, 1.54) is 0 Å². The van der Waals surface area contributed by atoms with Crippen molar-refractivity contribution in [2.45, 2.75) is 12.3 Å². The maximum absolute atomic E-state index is 12.9. The van der Waals surface area contributed by atoms with Gasteiger partial charge in [-0.25, -0.2) is 0 Å². The van der Waals surface area contributed by atoms with Crippen molar-refractivity contribution >= 4 is 34.8 Å². The molecule has 4 rings (SSSR count). The van der Waals surface area contributed by atoms with Crippen molar-refractivity contribution in [1.29, 1.82) is 0 Å². The highest BCUT2D eigenvalue weighted by Gasteiger charge is 2.29. The second-order valence-electron chi connectivity index (χ2n) is 6.41. The zero-order chi connectivity index (χ0) is 18.1. The summed E-state index contributed by atoms with van der Waals surface area (Å²) in [7, 11) is -0.988. The smallest absolute Gasteiger partial charge is 0.422 e. The number of nitrogens with one attached hydrogen (secondary N) is 1. The molecule has 0 bridgehead atoms. The third-order valence-electron chi connectivity index (χ3n) is 4.73. The molecule has 1 aromatic heterocycles. The Morgan fingerprint density at radius 1 is 1.23 bits per heavy atom. The third kappa shape index (κ3) is 3.08. The number of hydrogen-bond acceptors (Lipinski definition) is 6. The number of fused-ring (bicyclic) bond motifs is 2. The van der Waals surface area contributed by atoms with Gasteiger partial charge in [-0.15, -0.1) is 0 Å². The summed E-state index contributed by atoms with van der Waals surface area (Å²) in [5.74, 6) is -0.353. The Kier molecular flexibility index (Phi) is 4.42. The van der Waals surface area contributed by atoms with Crippen LogP contribution in [0.25, 0.3) is 10.8 Å². The Hall–Kier alpha value is -2.74. The SMILES string of the molecule is NC[C@@H](C(=O)Cc1ccc2cnccc2c1)c1ccc2c(c1)NOB2O. The number of rotatable bonds is 5. The van der Waals surface area contributed by atoms with Gasteiger partial charge in [-0.1, -0.05) is 30.3 Å². The average Bonchev–Trinajstić information content (AvgIpc) is 3.03. The highest BCUT2D eigenvalue weighted by Crippen LogP contribution is 2.24. The van der Waals surface area contributed by atoms with Crippen LogP contribution in [0.15, 0.2) is 54.9 Å². The lowest BCUT2D eigenvalue weighted by Crippen LogP contribution is -2.28. The molecule has 1 aliphatic heterocycles. The standard InChI is InChI=1S/C19H18BN3O3/c21-10-16(14-3-4-17-18(9-14)23-26-20(17)25)19(24)8-12-1-2-15-11-22-6-5-13(15)7-12/h1-7,9,11,16,23,25H,8,10,21H2/t16-/m1/s1. The molecule has 1 aliphatic rings. The van der Waals surface area contributed by atoms with E-state index in [1.807, 2.05) is 36.4 Å². The van der Waals surface area contributed by atoms with Crippen molar-refractivity contribution in [1.82, 2.24) is 4.98 Å². The van der Waals surface area contributed by atoms with E-state index < -0.39 is 13.0 Å². The van der Waals surface area contributed by atoms with Gasteiger partial charge in [-0.05, 0) is 28.6 Å². The summed E-state index contributed by atoms with van der Waals surface area (Å²) < 4.78 is 4.97. The van der Waals surface area contributed by atoms with Gasteiger partial charge in [-0.3, -0.25) is 20.0 Å². The molecule has 0 amide bonds. The van der Waals surface area contributed by atoms with E-state index >= 15 is 0 Å². The van der Waals surface area contributed by atoms with Crippen LogP contribution in [0.4, 0.5) is 5.69 Å². The highest BCUT2D eigenvalue weighted by molar-refractivity contribution is 6.63. The Morgan fingerprint density at radius 2 is 2.12 bits per heavy atom. The van der Waals surface area contributed by atoms with E-state index in [-0.39, 0.29) is 12.3 Å². The van der Waals surface area contributed by atoms with Crippen LogP contribution in [0.3, 0.4) is 0 Å². The lowest BCUT2D eigenvalue weighted by Gasteiger charge is -2.15. The zero-order valence-corrected chi connectivity index (χ0v) is 14.1. The maximum atomic E-state index is 12.9. The van der Waals surface area contributed by atoms with Gasteiger partial charge in [0.2, 0.25) is 0 Å². The van der Waals surface area contributed by atoms with Crippen LogP contribution in [-0.2, 0) is 16.0 Å². The number of carbonyl (C=O) groups excluding carboxylic acids is 1. The molecule has 2 heterocycles. The topological polar surface area (TPSA) is 97.5 Å². The van der Waals surface area contributed by atoms with Gasteiger partial charge in [-0.2, -0.15) is 0 Å². The first-order valence-corrected chi connectivity index (χ1v) is 8.44. The number of Topliss-reactive ketones (excluding diaryl/α,β-unsaturated/α-hetero) is 1. The minimum Gasteiger partial charge on any atom is -0.422 e. The summed E-state index contributed by atoms with van der Waals surface area (Å²) in [6, 6.07) is 13.3. The highest BCUT2D eigenvalue weighted by atomic mass is 16.7. The molecular weight excluding hydrogens is 329 g/mol. The number of benzene rings is 2. The Labute approximate surface area is 151 Å². The van der Waals surface area contributed by atoms with Gasteiger partial charge >= 0.3 is 7.12 Å². The summed E-state index contributed by atoms with van der Waals surface area (Å²) in [5, 5.41) is 11.8. The summed E-state index contributed by atoms with van der Waals surface area (Å²) in [6.07, 6.45) is 3.85. The lowest BCUT2D eigenvalue weighted by atomic mass is 9.78. The minimum absolute atomic E-state index is 0.0559. The summed E-state index contributed by atoms with van der Waals surface area (Å²) in [4.78, 5) is 17.0. The number of carbonyl (C=O) groups is 1. The zero-order valence-electron chi connectivity index (χ0n) is 14.1. The van der Waals surface area contributed by atoms with Crippen LogP contribution in [0.2, 0.25) is 0 Å². The van der Waals surface area contributed by atoms with Crippen LogP contribution in [0, 0.1) is 0 Å². The predicted octanol–water partition coefficient (Wildman–Crippen LogP) is 1.13. The van der Waals surface area contributed by atoms with Crippen molar-refractivity contribution in [2.75, 3.05) is 12.0 Å². The van der Waals surface area contributed by atoms with Crippen LogP contribution in [-0.4, -0.2) is 29.5 Å². The van der Waals surface area contributed by atoms with Crippen molar-refractivity contribution in [3.8, 4) is 0 Å². The molecule has 26 heavy (non-hydrogen) atoms. The molecule has 0 unspecified atom stereocenters. The Morgan fingerprint density at radius 3 is 2.96 bits per heavy atom. The lowest BCUT2D eigenvalue weighted by molar-refractivity contribution is -0.119. The molecule has 4 N–H and O–H groups in total. The number of nitrogens with two attached hydrogens (primary N) is 1. The largest absolute Gasteiger partial charge is 0.516 e. The number of ketones is 1. The van der Waals surface area contributed by atoms with Gasteiger partial charge in [0.25, 0.3) is 0 Å². The van der Waals surface area contributed by atoms with Crippen LogP contribution in [0.1, 0.15) is 17.0 Å². The number of hydrogen-bond donors (Lipinski definition) is 3. The third-order valence-corrected chi connectivity index (χ3v) is 4.73. The van der Waals surface area contributed by atoms with Crippen molar-refractivity contribution < 1.29 is 14.6 Å². The van der Waals surface area contributed by atoms with Crippen LogP contribution < -0.4 is 16.7 Å². The molecule has 3 aromatic rings. The fourth-order valence-electron chi connectivity index (χ4n) is 3.30. The van der Waals surface area contributed by atoms with E-state index in [1.54, 1.807) is 18.5 Å². The minimum atomic E-state index is -0.988. The van der Waals surface area contributed by atoms with E-state index in [0.29, 0.717) is 17.6 Å². The van der Waals surface area contributed by atoms with Gasteiger partial charge in [0.05, 0.1) is 11.6 Å². The molecule has 2 aromatic carbocycles. The van der Waals surface area contributed by atoms with E-state index in [9.17, 15) is 9.82 Å². The van der Waals surface area contributed by atoms with Crippen LogP contribution >= 0.6 is 0 Å². The Bertz CT molecular complexity index is 979. The summed E-state index contributed by atoms with van der Waals surface area (Å²) >= 11 is 0. The quantitative estimate of drug-likeness (QED) is 0.599. The van der Waals surface area contributed by atoms with Gasteiger partial charge < -0.3 is 10.8 Å². The molecule has 0 saturated carbocycles. The molecule has 6 nitrogen and oxygen atoms in total. The van der Waals surface area contributed by atoms with E-state index in [2.05, 4.69) is 10.5 Å². The first kappa shape index (κ1) is 16.7. The normalized spacial score (nSPS) is 14.2. The summed E-state index contributed by atoms with van der Waals surface area (Å²) in [6.45, 7) is 0.221. The van der Waals surface area contributed by atoms with Crippen LogP contribution in [0.5, 0.6) is 0 Å². The number of pyridine rings is 1. The molecule has 0 radical (unpaired) electrons. The number of aromatic nitrogens is 1. The van der Waals surface area contributed by atoms with Gasteiger partial charge in [0.15, 0.2) is 0 Å². The van der Waals surface area contributed by atoms with Gasteiger partial charge in [0.1, 0.15) is 5.78 Å². The molecule has 0 fully saturated rings. The maximum Gasteiger partial charge on any atom is 0.516 e. The molecule has 7 heteroatoms.